The van der Waals surface area contributed by atoms with Crippen molar-refractivity contribution < 1.29 is 14.0 Å². The minimum absolute atomic E-state index is 0.107. The SMILES string of the molecule is O=C(Nc1ncco1)[C@H](c1ccccc1)N1Cc2ccccc2C1=O. The van der Waals surface area contributed by atoms with Crippen LogP contribution in [0.15, 0.2) is 71.5 Å². The molecule has 0 saturated carbocycles. The summed E-state index contributed by atoms with van der Waals surface area (Å²) in [5.41, 5.74) is 2.28. The van der Waals surface area contributed by atoms with Crippen LogP contribution in [0, 0.1) is 0 Å². The number of carbonyl (C=O) groups excluding carboxylic acids is 2. The smallest absolute Gasteiger partial charge is 0.301 e. The average Bonchev–Trinajstić information content (AvgIpc) is 3.25. The molecular weight excluding hydrogens is 318 g/mol. The van der Waals surface area contributed by atoms with E-state index in [-0.39, 0.29) is 17.8 Å². The summed E-state index contributed by atoms with van der Waals surface area (Å²) in [5, 5.41) is 2.63. The first-order valence-corrected chi connectivity index (χ1v) is 7.88. The second-order valence-corrected chi connectivity index (χ2v) is 5.73. The highest BCUT2D eigenvalue weighted by atomic mass is 16.4. The lowest BCUT2D eigenvalue weighted by molar-refractivity contribution is -0.121. The first-order valence-electron chi connectivity index (χ1n) is 7.88. The molecule has 2 amide bonds. The first-order chi connectivity index (χ1) is 12.2. The van der Waals surface area contributed by atoms with Crippen LogP contribution in [0.1, 0.15) is 27.5 Å². The summed E-state index contributed by atoms with van der Waals surface area (Å²) in [5.74, 6) is -0.526. The van der Waals surface area contributed by atoms with E-state index in [0.717, 1.165) is 11.1 Å². The number of hydrogen-bond acceptors (Lipinski definition) is 4. The van der Waals surface area contributed by atoms with Gasteiger partial charge in [0.15, 0.2) is 0 Å². The van der Waals surface area contributed by atoms with Gasteiger partial charge in [-0.1, -0.05) is 48.5 Å². The highest BCUT2D eigenvalue weighted by Crippen LogP contribution is 2.32. The number of oxazole rings is 1. The number of amides is 2. The molecule has 0 unspecified atom stereocenters. The highest BCUT2D eigenvalue weighted by molar-refractivity contribution is 6.03. The monoisotopic (exact) mass is 333 g/mol. The number of hydrogen-bond donors (Lipinski definition) is 1. The van der Waals surface area contributed by atoms with Crippen LogP contribution < -0.4 is 5.32 Å². The van der Waals surface area contributed by atoms with Crippen LogP contribution in [-0.2, 0) is 11.3 Å². The van der Waals surface area contributed by atoms with E-state index in [4.69, 9.17) is 4.42 Å². The fourth-order valence-corrected chi connectivity index (χ4v) is 3.05. The van der Waals surface area contributed by atoms with Crippen LogP contribution in [0.25, 0.3) is 0 Å². The molecule has 1 aliphatic rings. The summed E-state index contributed by atoms with van der Waals surface area (Å²) < 4.78 is 5.09. The molecule has 1 N–H and O–H groups in total. The molecule has 25 heavy (non-hydrogen) atoms. The van der Waals surface area contributed by atoms with E-state index in [1.807, 2.05) is 48.5 Å². The Morgan fingerprint density at radius 3 is 2.60 bits per heavy atom. The molecule has 4 rings (SSSR count). The molecule has 1 aliphatic heterocycles. The van der Waals surface area contributed by atoms with Crippen molar-refractivity contribution in [3.8, 4) is 0 Å². The molecule has 6 heteroatoms. The number of fused-ring (bicyclic) bond motifs is 1. The van der Waals surface area contributed by atoms with Gasteiger partial charge in [-0.05, 0) is 17.2 Å². The maximum atomic E-state index is 12.9. The van der Waals surface area contributed by atoms with Gasteiger partial charge in [-0.3, -0.25) is 14.9 Å². The number of nitrogens with zero attached hydrogens (tertiary/aromatic N) is 2. The molecule has 0 saturated heterocycles. The van der Waals surface area contributed by atoms with Gasteiger partial charge in [0.25, 0.3) is 11.8 Å². The van der Waals surface area contributed by atoms with Crippen LogP contribution in [0.4, 0.5) is 6.01 Å². The van der Waals surface area contributed by atoms with Crippen molar-refractivity contribution in [3.05, 3.63) is 83.7 Å². The lowest BCUT2D eigenvalue weighted by Crippen LogP contribution is -2.37. The average molecular weight is 333 g/mol. The van der Waals surface area contributed by atoms with Crippen molar-refractivity contribution in [1.29, 1.82) is 0 Å². The summed E-state index contributed by atoms with van der Waals surface area (Å²) in [6, 6.07) is 15.9. The molecule has 0 bridgehead atoms. The van der Waals surface area contributed by atoms with Gasteiger partial charge in [0.2, 0.25) is 0 Å². The van der Waals surface area contributed by atoms with Crippen LogP contribution in [0.5, 0.6) is 0 Å². The maximum Gasteiger partial charge on any atom is 0.301 e. The Hall–Kier alpha value is -3.41. The fourth-order valence-electron chi connectivity index (χ4n) is 3.05. The molecule has 2 heterocycles. The van der Waals surface area contributed by atoms with Crippen LogP contribution in [0.2, 0.25) is 0 Å². The Morgan fingerprint density at radius 2 is 1.88 bits per heavy atom. The quantitative estimate of drug-likeness (QED) is 0.796. The molecule has 0 spiro atoms. The van der Waals surface area contributed by atoms with Gasteiger partial charge in [-0.2, -0.15) is 0 Å². The Balaban J connectivity index is 1.69. The van der Waals surface area contributed by atoms with Crippen molar-refractivity contribution in [1.82, 2.24) is 9.88 Å². The van der Waals surface area contributed by atoms with Crippen molar-refractivity contribution in [3.63, 3.8) is 0 Å². The normalized spacial score (nSPS) is 14.2. The third-order valence-electron chi connectivity index (χ3n) is 4.19. The van der Waals surface area contributed by atoms with E-state index in [1.54, 1.807) is 11.0 Å². The second-order valence-electron chi connectivity index (χ2n) is 5.73. The van der Waals surface area contributed by atoms with Gasteiger partial charge in [0.05, 0.1) is 6.20 Å². The van der Waals surface area contributed by atoms with Crippen LogP contribution >= 0.6 is 0 Å². The zero-order valence-electron chi connectivity index (χ0n) is 13.3. The molecule has 124 valence electrons. The predicted molar refractivity (Wildman–Crippen MR) is 90.6 cm³/mol. The number of nitrogens with one attached hydrogen (secondary N) is 1. The van der Waals surface area contributed by atoms with Gasteiger partial charge in [-0.15, -0.1) is 0 Å². The van der Waals surface area contributed by atoms with Crippen molar-refractivity contribution >= 4 is 17.8 Å². The summed E-state index contributed by atoms with van der Waals surface area (Å²) in [4.78, 5) is 31.2. The zero-order valence-corrected chi connectivity index (χ0v) is 13.3. The molecule has 1 atom stereocenters. The number of aromatic nitrogens is 1. The van der Waals surface area contributed by atoms with Gasteiger partial charge in [-0.25, -0.2) is 4.98 Å². The predicted octanol–water partition coefficient (Wildman–Crippen LogP) is 3.01. The Bertz CT molecular complexity index is 907. The second kappa shape index (κ2) is 6.24. The summed E-state index contributed by atoms with van der Waals surface area (Å²) in [7, 11) is 0. The van der Waals surface area contributed by atoms with Crippen molar-refractivity contribution in [2.45, 2.75) is 12.6 Å². The fraction of sp³-hybridized carbons (Fsp3) is 0.105. The number of benzene rings is 2. The van der Waals surface area contributed by atoms with Gasteiger partial charge in [0, 0.05) is 12.1 Å². The van der Waals surface area contributed by atoms with E-state index in [2.05, 4.69) is 10.3 Å². The molecule has 0 fully saturated rings. The summed E-state index contributed by atoms with van der Waals surface area (Å²) in [6.07, 6.45) is 2.83. The van der Waals surface area contributed by atoms with E-state index < -0.39 is 6.04 Å². The van der Waals surface area contributed by atoms with E-state index in [1.165, 1.54) is 12.5 Å². The van der Waals surface area contributed by atoms with E-state index >= 15 is 0 Å². The van der Waals surface area contributed by atoms with Crippen molar-refractivity contribution in [2.75, 3.05) is 5.32 Å². The van der Waals surface area contributed by atoms with E-state index in [0.29, 0.717) is 12.1 Å². The summed E-state index contributed by atoms with van der Waals surface area (Å²) in [6.45, 7) is 0.383. The Morgan fingerprint density at radius 1 is 1.12 bits per heavy atom. The molecule has 1 aromatic heterocycles. The van der Waals surface area contributed by atoms with E-state index in [9.17, 15) is 9.59 Å². The topological polar surface area (TPSA) is 75.4 Å². The van der Waals surface area contributed by atoms with Crippen LogP contribution in [-0.4, -0.2) is 21.7 Å². The molecule has 6 nitrogen and oxygen atoms in total. The Kier molecular flexibility index (Phi) is 3.78. The third kappa shape index (κ3) is 2.78. The van der Waals surface area contributed by atoms with Gasteiger partial charge < -0.3 is 9.32 Å². The van der Waals surface area contributed by atoms with Gasteiger partial charge in [0.1, 0.15) is 12.3 Å². The third-order valence-corrected chi connectivity index (χ3v) is 4.19. The molecular formula is C19H15N3O3. The van der Waals surface area contributed by atoms with Crippen LogP contribution in [0.3, 0.4) is 0 Å². The maximum absolute atomic E-state index is 12.9. The largest absolute Gasteiger partial charge is 0.432 e. The lowest BCUT2D eigenvalue weighted by Gasteiger charge is -2.26. The summed E-state index contributed by atoms with van der Waals surface area (Å²) >= 11 is 0. The zero-order chi connectivity index (χ0) is 17.2. The standard InChI is InChI=1S/C19H15N3O3/c23-17(21-19-20-10-11-25-19)16(13-6-2-1-3-7-13)22-12-14-8-4-5-9-15(14)18(22)24/h1-11,16H,12H2,(H,20,21,23)/t16-/m0/s1. The highest BCUT2D eigenvalue weighted by Gasteiger charge is 2.37. The lowest BCUT2D eigenvalue weighted by atomic mass is 10.0. The number of carbonyl (C=O) groups is 2. The minimum atomic E-state index is -0.770. The Labute approximate surface area is 144 Å². The minimum Gasteiger partial charge on any atom is -0.432 e. The molecule has 3 aromatic rings. The number of rotatable bonds is 4. The number of anilines is 1. The van der Waals surface area contributed by atoms with Gasteiger partial charge >= 0.3 is 6.01 Å². The van der Waals surface area contributed by atoms with Crippen molar-refractivity contribution in [2.24, 2.45) is 0 Å². The molecule has 0 aliphatic carbocycles. The molecule has 2 aromatic carbocycles. The molecule has 0 radical (unpaired) electrons. The first kappa shape index (κ1) is 15.1.